The Morgan fingerprint density at radius 1 is 1.42 bits per heavy atom. The van der Waals surface area contributed by atoms with Crippen LogP contribution in [0, 0.1) is 11.3 Å². The molecule has 1 saturated heterocycles. The van der Waals surface area contributed by atoms with Gasteiger partial charge in [0.15, 0.2) is 0 Å². The summed E-state index contributed by atoms with van der Waals surface area (Å²) in [5.41, 5.74) is 0.220. The van der Waals surface area contributed by atoms with Gasteiger partial charge in [0.25, 0.3) is 0 Å². The average molecular weight is 258 g/mol. The number of likely N-dealkylation sites (tertiary alicyclic amines) is 1. The maximum Gasteiger partial charge on any atom is 0.411 e. The van der Waals surface area contributed by atoms with Crippen molar-refractivity contribution < 1.29 is 9.53 Å². The molecule has 0 aliphatic carbocycles. The summed E-state index contributed by atoms with van der Waals surface area (Å²) in [7, 11) is 0. The lowest BCUT2D eigenvalue weighted by atomic mass is 9.90. The zero-order valence-electron chi connectivity index (χ0n) is 11.1. The number of rotatable bonds is 2. The second kappa shape index (κ2) is 5.75. The Morgan fingerprint density at radius 3 is 2.84 bits per heavy atom. The molecule has 0 bridgehead atoms. The van der Waals surface area contributed by atoms with Gasteiger partial charge in [-0.2, -0.15) is 5.26 Å². The van der Waals surface area contributed by atoms with Crippen LogP contribution in [0.15, 0.2) is 30.3 Å². The van der Waals surface area contributed by atoms with Gasteiger partial charge >= 0.3 is 6.09 Å². The van der Waals surface area contributed by atoms with Crippen LogP contribution in [0.4, 0.5) is 4.79 Å². The molecule has 0 N–H and O–H groups in total. The van der Waals surface area contributed by atoms with Crippen LogP contribution in [0.25, 0.3) is 0 Å². The van der Waals surface area contributed by atoms with E-state index < -0.39 is 11.6 Å². The van der Waals surface area contributed by atoms with Gasteiger partial charge in [-0.1, -0.05) is 30.3 Å². The van der Waals surface area contributed by atoms with Crippen LogP contribution in [-0.4, -0.2) is 23.1 Å². The highest BCUT2D eigenvalue weighted by molar-refractivity contribution is 5.69. The van der Waals surface area contributed by atoms with Crippen LogP contribution in [0.2, 0.25) is 0 Å². The van der Waals surface area contributed by atoms with Crippen molar-refractivity contribution >= 4 is 6.09 Å². The first-order chi connectivity index (χ1) is 9.15. The highest BCUT2D eigenvalue weighted by Crippen LogP contribution is 2.27. The van der Waals surface area contributed by atoms with Gasteiger partial charge in [-0.05, 0) is 31.7 Å². The predicted octanol–water partition coefficient (Wildman–Crippen LogP) is 3.09. The number of piperidine rings is 1. The molecule has 19 heavy (non-hydrogen) atoms. The van der Waals surface area contributed by atoms with E-state index in [2.05, 4.69) is 6.07 Å². The maximum absolute atomic E-state index is 12.1. The molecular weight excluding hydrogens is 240 g/mol. The number of carbonyl (C=O) groups excluding carboxylic acids is 1. The first-order valence-electron chi connectivity index (χ1n) is 6.55. The zero-order chi connectivity index (χ0) is 13.7. The van der Waals surface area contributed by atoms with Crippen LogP contribution >= 0.6 is 0 Å². The quantitative estimate of drug-likeness (QED) is 0.819. The molecule has 1 fully saturated rings. The fraction of sp³-hybridized carbons (Fsp3) is 0.467. The van der Waals surface area contributed by atoms with Gasteiger partial charge < -0.3 is 4.74 Å². The van der Waals surface area contributed by atoms with Gasteiger partial charge in [0.2, 0.25) is 0 Å². The highest BCUT2D eigenvalue weighted by atomic mass is 16.6. The summed E-state index contributed by atoms with van der Waals surface area (Å²) in [5, 5.41) is 9.26. The van der Waals surface area contributed by atoms with Gasteiger partial charge in [0.1, 0.15) is 12.1 Å². The molecule has 100 valence electrons. The van der Waals surface area contributed by atoms with E-state index in [1.54, 1.807) is 11.8 Å². The molecule has 1 aliphatic rings. The van der Waals surface area contributed by atoms with Crippen molar-refractivity contribution in [2.24, 2.45) is 0 Å². The molecule has 1 heterocycles. The van der Waals surface area contributed by atoms with E-state index in [9.17, 15) is 10.1 Å². The smallest absolute Gasteiger partial charge is 0.411 e. The third kappa shape index (κ3) is 3.05. The molecule has 1 unspecified atom stereocenters. The minimum Gasteiger partial charge on any atom is -0.445 e. The van der Waals surface area contributed by atoms with Crippen molar-refractivity contribution in [3.63, 3.8) is 0 Å². The SMILES string of the molecule is CC1(C#N)CCCCN1C(=O)OCc1ccccc1. The Morgan fingerprint density at radius 2 is 2.16 bits per heavy atom. The van der Waals surface area contributed by atoms with Gasteiger partial charge in [-0.15, -0.1) is 0 Å². The Kier molecular flexibility index (Phi) is 4.06. The van der Waals surface area contributed by atoms with E-state index in [-0.39, 0.29) is 6.61 Å². The molecule has 1 aliphatic heterocycles. The number of amides is 1. The molecule has 1 atom stereocenters. The van der Waals surface area contributed by atoms with Crippen LogP contribution in [0.3, 0.4) is 0 Å². The number of ether oxygens (including phenoxy) is 1. The lowest BCUT2D eigenvalue weighted by molar-refractivity contribution is 0.0527. The van der Waals surface area contributed by atoms with Gasteiger partial charge in [-0.3, -0.25) is 4.90 Å². The molecule has 2 rings (SSSR count). The second-order valence-electron chi connectivity index (χ2n) is 5.03. The van der Waals surface area contributed by atoms with Crippen LogP contribution in [0.5, 0.6) is 0 Å². The summed E-state index contributed by atoms with van der Waals surface area (Å²) < 4.78 is 5.30. The Bertz CT molecular complexity index is 481. The van der Waals surface area contributed by atoms with E-state index in [1.807, 2.05) is 30.3 Å². The zero-order valence-corrected chi connectivity index (χ0v) is 11.1. The number of hydrogen-bond donors (Lipinski definition) is 0. The standard InChI is InChI=1S/C15H18N2O2/c1-15(12-16)9-5-6-10-17(15)14(18)19-11-13-7-3-2-4-8-13/h2-4,7-8H,5-6,9-11H2,1H3. The van der Waals surface area contributed by atoms with E-state index >= 15 is 0 Å². The molecule has 0 saturated carbocycles. The van der Waals surface area contributed by atoms with Gasteiger partial charge in [0.05, 0.1) is 6.07 Å². The topological polar surface area (TPSA) is 53.3 Å². The maximum atomic E-state index is 12.1. The fourth-order valence-corrected chi connectivity index (χ4v) is 2.33. The minimum atomic E-state index is -0.730. The Hall–Kier alpha value is -2.02. The third-order valence-electron chi connectivity index (χ3n) is 3.56. The Balaban J connectivity index is 1.97. The summed E-state index contributed by atoms with van der Waals surface area (Å²) in [6, 6.07) is 11.8. The molecule has 1 aromatic carbocycles. The molecular formula is C15H18N2O2. The molecule has 4 nitrogen and oxygen atoms in total. The number of nitrogens with zero attached hydrogens (tertiary/aromatic N) is 2. The molecule has 0 spiro atoms. The van der Waals surface area contributed by atoms with Crippen molar-refractivity contribution in [1.29, 1.82) is 5.26 Å². The number of benzene rings is 1. The lowest BCUT2D eigenvalue weighted by Crippen LogP contribution is -2.51. The van der Waals surface area contributed by atoms with Crippen molar-refractivity contribution in [2.75, 3.05) is 6.54 Å². The van der Waals surface area contributed by atoms with Crippen LogP contribution in [-0.2, 0) is 11.3 Å². The van der Waals surface area contributed by atoms with Gasteiger partial charge in [0, 0.05) is 6.54 Å². The van der Waals surface area contributed by atoms with E-state index in [4.69, 9.17) is 4.74 Å². The average Bonchev–Trinajstić information content (AvgIpc) is 2.46. The summed E-state index contributed by atoms with van der Waals surface area (Å²) in [5.74, 6) is 0. The summed E-state index contributed by atoms with van der Waals surface area (Å²) in [6.07, 6.45) is 2.22. The minimum absolute atomic E-state index is 0.248. The predicted molar refractivity (Wildman–Crippen MR) is 71.2 cm³/mol. The normalized spacial score (nSPS) is 22.6. The molecule has 1 amide bonds. The largest absolute Gasteiger partial charge is 0.445 e. The second-order valence-corrected chi connectivity index (χ2v) is 5.03. The number of carbonyl (C=O) groups is 1. The van der Waals surface area contributed by atoms with Crippen molar-refractivity contribution in [3.05, 3.63) is 35.9 Å². The summed E-state index contributed by atoms with van der Waals surface area (Å²) in [6.45, 7) is 2.64. The van der Waals surface area contributed by atoms with E-state index in [1.165, 1.54) is 0 Å². The number of nitriles is 1. The first kappa shape index (κ1) is 13.4. The molecule has 0 radical (unpaired) electrons. The number of hydrogen-bond acceptors (Lipinski definition) is 3. The summed E-state index contributed by atoms with van der Waals surface area (Å²) in [4.78, 5) is 13.7. The fourth-order valence-electron chi connectivity index (χ4n) is 2.33. The van der Waals surface area contributed by atoms with Crippen molar-refractivity contribution in [2.45, 2.75) is 38.3 Å². The first-order valence-corrected chi connectivity index (χ1v) is 6.55. The molecule has 1 aromatic rings. The summed E-state index contributed by atoms with van der Waals surface area (Å²) >= 11 is 0. The van der Waals surface area contributed by atoms with Crippen molar-refractivity contribution in [1.82, 2.24) is 4.90 Å². The molecule has 4 heteroatoms. The third-order valence-corrected chi connectivity index (χ3v) is 3.56. The Labute approximate surface area is 113 Å². The molecule has 0 aromatic heterocycles. The van der Waals surface area contributed by atoms with E-state index in [0.717, 1.165) is 18.4 Å². The highest BCUT2D eigenvalue weighted by Gasteiger charge is 2.38. The van der Waals surface area contributed by atoms with E-state index in [0.29, 0.717) is 13.0 Å². The lowest BCUT2D eigenvalue weighted by Gasteiger charge is -2.38. The van der Waals surface area contributed by atoms with Crippen LogP contribution in [0.1, 0.15) is 31.7 Å². The monoisotopic (exact) mass is 258 g/mol. The van der Waals surface area contributed by atoms with Crippen molar-refractivity contribution in [3.8, 4) is 6.07 Å². The van der Waals surface area contributed by atoms with Gasteiger partial charge in [-0.25, -0.2) is 4.79 Å². The van der Waals surface area contributed by atoms with Crippen LogP contribution < -0.4 is 0 Å².